The Morgan fingerprint density at radius 3 is 2.94 bits per heavy atom. The van der Waals surface area contributed by atoms with Crippen LogP contribution in [0, 0.1) is 5.41 Å². The van der Waals surface area contributed by atoms with Crippen molar-refractivity contribution >= 4 is 11.8 Å². The van der Waals surface area contributed by atoms with Gasteiger partial charge < -0.3 is 10.4 Å². The van der Waals surface area contributed by atoms with Crippen LogP contribution < -0.4 is 5.32 Å². The first kappa shape index (κ1) is 10.9. The van der Waals surface area contributed by atoms with Crippen LogP contribution in [0.2, 0.25) is 0 Å². The number of aromatic nitrogens is 1. The first-order valence-corrected chi connectivity index (χ1v) is 5.53. The summed E-state index contributed by atoms with van der Waals surface area (Å²) in [4.78, 5) is 14.7. The fourth-order valence-electron chi connectivity index (χ4n) is 1.61. The summed E-state index contributed by atoms with van der Waals surface area (Å²) < 4.78 is 0. The van der Waals surface area contributed by atoms with Gasteiger partial charge in [0, 0.05) is 6.54 Å². The number of nitrogens with zero attached hydrogens (tertiary/aromatic N) is 1. The number of rotatable bonds is 5. The fourth-order valence-corrected chi connectivity index (χ4v) is 1.61. The minimum atomic E-state index is -0.988. The summed E-state index contributed by atoms with van der Waals surface area (Å²) in [5, 5.41) is 11.9. The van der Waals surface area contributed by atoms with Crippen LogP contribution in [0.15, 0.2) is 18.2 Å². The van der Waals surface area contributed by atoms with Gasteiger partial charge in [-0.25, -0.2) is 9.78 Å². The molecule has 1 aliphatic rings. The molecule has 0 aromatic carbocycles. The highest BCUT2D eigenvalue weighted by atomic mass is 16.4. The molecule has 0 spiro atoms. The lowest BCUT2D eigenvalue weighted by Crippen LogP contribution is -2.09. The molecular weight excluding hydrogens is 204 g/mol. The zero-order chi connectivity index (χ0) is 11.6. The van der Waals surface area contributed by atoms with Crippen LogP contribution in [0.25, 0.3) is 0 Å². The molecule has 1 heterocycles. The maximum absolute atomic E-state index is 10.7. The van der Waals surface area contributed by atoms with Crippen molar-refractivity contribution in [3.05, 3.63) is 23.9 Å². The van der Waals surface area contributed by atoms with Crippen LogP contribution in [-0.4, -0.2) is 22.6 Å². The van der Waals surface area contributed by atoms with Crippen molar-refractivity contribution in [2.24, 2.45) is 5.41 Å². The van der Waals surface area contributed by atoms with Gasteiger partial charge in [0.15, 0.2) is 5.69 Å². The van der Waals surface area contributed by atoms with Gasteiger partial charge in [-0.2, -0.15) is 0 Å². The van der Waals surface area contributed by atoms with Crippen LogP contribution in [-0.2, 0) is 0 Å². The van der Waals surface area contributed by atoms with Crippen LogP contribution in [0.4, 0.5) is 5.82 Å². The van der Waals surface area contributed by atoms with Crippen LogP contribution in [0.3, 0.4) is 0 Å². The van der Waals surface area contributed by atoms with E-state index in [1.165, 1.54) is 18.9 Å². The van der Waals surface area contributed by atoms with Crippen LogP contribution in [0.5, 0.6) is 0 Å². The molecule has 4 heteroatoms. The molecule has 1 aromatic heterocycles. The highest BCUT2D eigenvalue weighted by Crippen LogP contribution is 2.47. The van der Waals surface area contributed by atoms with E-state index in [0.29, 0.717) is 11.2 Å². The van der Waals surface area contributed by atoms with E-state index < -0.39 is 5.97 Å². The number of hydrogen-bond donors (Lipinski definition) is 2. The van der Waals surface area contributed by atoms with E-state index in [1.807, 2.05) is 0 Å². The SMILES string of the molecule is CC1(CCNc2cccc(C(=O)O)n2)CC1. The van der Waals surface area contributed by atoms with E-state index >= 15 is 0 Å². The summed E-state index contributed by atoms with van der Waals surface area (Å²) in [6.45, 7) is 3.13. The third-order valence-electron chi connectivity index (χ3n) is 3.11. The summed E-state index contributed by atoms with van der Waals surface area (Å²) in [5.74, 6) is -0.345. The summed E-state index contributed by atoms with van der Waals surface area (Å²) >= 11 is 0. The largest absolute Gasteiger partial charge is 0.477 e. The lowest BCUT2D eigenvalue weighted by molar-refractivity contribution is 0.0690. The molecule has 1 saturated carbocycles. The molecule has 0 bridgehead atoms. The lowest BCUT2D eigenvalue weighted by atomic mass is 10.1. The van der Waals surface area contributed by atoms with Crippen LogP contribution >= 0.6 is 0 Å². The Labute approximate surface area is 94.7 Å². The van der Waals surface area contributed by atoms with E-state index in [9.17, 15) is 4.79 Å². The Balaban J connectivity index is 1.88. The van der Waals surface area contributed by atoms with Crippen molar-refractivity contribution < 1.29 is 9.90 Å². The third-order valence-corrected chi connectivity index (χ3v) is 3.11. The predicted molar refractivity (Wildman–Crippen MR) is 61.6 cm³/mol. The van der Waals surface area contributed by atoms with Gasteiger partial charge in [0.2, 0.25) is 0 Å². The van der Waals surface area contributed by atoms with Crippen molar-refractivity contribution in [2.45, 2.75) is 26.2 Å². The van der Waals surface area contributed by atoms with Crippen molar-refractivity contribution in [2.75, 3.05) is 11.9 Å². The van der Waals surface area contributed by atoms with Gasteiger partial charge in [0.1, 0.15) is 5.82 Å². The molecular formula is C12H16N2O2. The molecule has 0 aliphatic heterocycles. The van der Waals surface area contributed by atoms with Crippen LogP contribution in [0.1, 0.15) is 36.7 Å². The normalized spacial score (nSPS) is 16.8. The lowest BCUT2D eigenvalue weighted by Gasteiger charge is -2.09. The number of aromatic carboxylic acids is 1. The van der Waals surface area contributed by atoms with E-state index in [-0.39, 0.29) is 5.69 Å². The van der Waals surface area contributed by atoms with Gasteiger partial charge in [-0.1, -0.05) is 13.0 Å². The Morgan fingerprint density at radius 1 is 1.56 bits per heavy atom. The third kappa shape index (κ3) is 2.72. The van der Waals surface area contributed by atoms with Crippen molar-refractivity contribution in [1.82, 2.24) is 4.98 Å². The van der Waals surface area contributed by atoms with E-state index in [2.05, 4.69) is 17.2 Å². The maximum atomic E-state index is 10.7. The Kier molecular flexibility index (Phi) is 2.81. The summed E-state index contributed by atoms with van der Waals surface area (Å²) in [5.41, 5.74) is 0.597. The second-order valence-electron chi connectivity index (χ2n) is 4.70. The first-order valence-electron chi connectivity index (χ1n) is 5.53. The zero-order valence-corrected chi connectivity index (χ0v) is 9.36. The predicted octanol–water partition coefficient (Wildman–Crippen LogP) is 2.38. The average molecular weight is 220 g/mol. The smallest absolute Gasteiger partial charge is 0.354 e. The molecule has 1 fully saturated rings. The standard InChI is InChI=1S/C12H16N2O2/c1-12(5-6-12)7-8-13-10-4-2-3-9(14-10)11(15)16/h2-4H,5-8H2,1H3,(H,13,14)(H,15,16). The van der Waals surface area contributed by atoms with E-state index in [0.717, 1.165) is 13.0 Å². The highest BCUT2D eigenvalue weighted by Gasteiger charge is 2.36. The summed E-state index contributed by atoms with van der Waals surface area (Å²) in [6.07, 6.45) is 3.72. The topological polar surface area (TPSA) is 62.2 Å². The van der Waals surface area contributed by atoms with E-state index in [1.54, 1.807) is 12.1 Å². The average Bonchev–Trinajstić information content (AvgIpc) is 2.97. The number of nitrogens with one attached hydrogen (secondary N) is 1. The fraction of sp³-hybridized carbons (Fsp3) is 0.500. The number of carboxylic acids is 1. The molecule has 0 saturated heterocycles. The second kappa shape index (κ2) is 4.12. The Bertz CT molecular complexity index is 400. The molecule has 2 N–H and O–H groups in total. The highest BCUT2D eigenvalue weighted by molar-refractivity contribution is 5.85. The van der Waals surface area contributed by atoms with Gasteiger partial charge in [-0.3, -0.25) is 0 Å². The molecule has 0 unspecified atom stereocenters. The van der Waals surface area contributed by atoms with Crippen molar-refractivity contribution in [3.63, 3.8) is 0 Å². The number of carboxylic acid groups (broad SMARTS) is 1. The molecule has 16 heavy (non-hydrogen) atoms. The number of anilines is 1. The zero-order valence-electron chi connectivity index (χ0n) is 9.36. The second-order valence-corrected chi connectivity index (χ2v) is 4.70. The molecule has 0 atom stereocenters. The number of carbonyl (C=O) groups is 1. The van der Waals surface area contributed by atoms with Gasteiger partial charge in [-0.15, -0.1) is 0 Å². The van der Waals surface area contributed by atoms with Crippen molar-refractivity contribution in [3.8, 4) is 0 Å². The molecule has 1 aromatic rings. The summed E-state index contributed by atoms with van der Waals surface area (Å²) in [6, 6.07) is 5.00. The van der Waals surface area contributed by atoms with Gasteiger partial charge >= 0.3 is 5.97 Å². The quantitative estimate of drug-likeness (QED) is 0.799. The molecule has 4 nitrogen and oxygen atoms in total. The first-order chi connectivity index (χ1) is 7.59. The summed E-state index contributed by atoms with van der Waals surface area (Å²) in [7, 11) is 0. The molecule has 0 amide bonds. The van der Waals surface area contributed by atoms with Crippen molar-refractivity contribution in [1.29, 1.82) is 0 Å². The monoisotopic (exact) mass is 220 g/mol. The van der Waals surface area contributed by atoms with E-state index in [4.69, 9.17) is 5.11 Å². The molecule has 1 aliphatic carbocycles. The minimum absolute atomic E-state index is 0.0858. The molecule has 0 radical (unpaired) electrons. The van der Waals surface area contributed by atoms with Gasteiger partial charge in [0.05, 0.1) is 0 Å². The minimum Gasteiger partial charge on any atom is -0.477 e. The number of pyridine rings is 1. The molecule has 2 rings (SSSR count). The van der Waals surface area contributed by atoms with Gasteiger partial charge in [-0.05, 0) is 36.8 Å². The Hall–Kier alpha value is -1.58. The number of hydrogen-bond acceptors (Lipinski definition) is 3. The molecule has 86 valence electrons. The Morgan fingerprint density at radius 2 is 2.31 bits per heavy atom. The maximum Gasteiger partial charge on any atom is 0.354 e. The van der Waals surface area contributed by atoms with Gasteiger partial charge in [0.25, 0.3) is 0 Å².